The predicted octanol–water partition coefficient (Wildman–Crippen LogP) is 2.67. The van der Waals surface area contributed by atoms with E-state index in [2.05, 4.69) is 26.4 Å². The van der Waals surface area contributed by atoms with Crippen LogP contribution in [0.4, 0.5) is 25.4 Å². The standard InChI is InChI=1S/C21H28FN5O5/c1-12-19(13(2)32-27-12)26-20(29)23-9-8-16-6-7-17(18(11-28)31-16)25-21(30)24-15-5-3-4-14(22)10-15/h3-5,10,16-18,28H,6-9,11H2,1-2H3,(H2,23,26,29)(H2,24,25,30)/t16-,17-,18+/m0/s1. The summed E-state index contributed by atoms with van der Waals surface area (Å²) in [4.78, 5) is 24.3. The van der Waals surface area contributed by atoms with Crippen molar-refractivity contribution >= 4 is 23.4 Å². The minimum Gasteiger partial charge on any atom is -0.394 e. The lowest BCUT2D eigenvalue weighted by Gasteiger charge is -2.36. The third-order valence-electron chi connectivity index (χ3n) is 5.22. The second kappa shape index (κ2) is 10.9. The maximum absolute atomic E-state index is 13.3. The Morgan fingerprint density at radius 1 is 1.22 bits per heavy atom. The second-order valence-corrected chi connectivity index (χ2v) is 7.64. The predicted molar refractivity (Wildman–Crippen MR) is 115 cm³/mol. The zero-order valence-corrected chi connectivity index (χ0v) is 18.0. The zero-order valence-electron chi connectivity index (χ0n) is 18.0. The van der Waals surface area contributed by atoms with Gasteiger partial charge in [0.25, 0.3) is 0 Å². The molecule has 2 aromatic rings. The fourth-order valence-corrected chi connectivity index (χ4v) is 3.58. The molecule has 1 fully saturated rings. The first kappa shape index (κ1) is 23.5. The molecule has 1 saturated heterocycles. The molecule has 4 amide bonds. The monoisotopic (exact) mass is 449 g/mol. The number of benzene rings is 1. The largest absolute Gasteiger partial charge is 0.394 e. The number of aliphatic hydroxyl groups excluding tert-OH is 1. The van der Waals surface area contributed by atoms with Crippen LogP contribution in [0.3, 0.4) is 0 Å². The van der Waals surface area contributed by atoms with Crippen molar-refractivity contribution < 1.29 is 28.3 Å². The average Bonchev–Trinajstić information content (AvgIpc) is 3.06. The number of hydrogen-bond acceptors (Lipinski definition) is 6. The molecule has 0 bridgehead atoms. The number of carbonyl (C=O) groups excluding carboxylic acids is 2. The number of halogens is 1. The molecule has 10 nitrogen and oxygen atoms in total. The fraction of sp³-hybridized carbons (Fsp3) is 0.476. The number of aryl methyl sites for hydroxylation is 2. The number of nitrogens with zero attached hydrogens (tertiary/aromatic N) is 1. The van der Waals surface area contributed by atoms with Gasteiger partial charge in [-0.2, -0.15) is 0 Å². The first-order valence-electron chi connectivity index (χ1n) is 10.4. The molecule has 0 spiro atoms. The number of aromatic nitrogens is 1. The lowest BCUT2D eigenvalue weighted by Crippen LogP contribution is -2.52. The number of ether oxygens (including phenoxy) is 1. The molecule has 1 aromatic heterocycles. The second-order valence-electron chi connectivity index (χ2n) is 7.64. The third-order valence-corrected chi connectivity index (χ3v) is 5.22. The van der Waals surface area contributed by atoms with Crippen molar-refractivity contribution in [2.45, 2.75) is 51.4 Å². The molecule has 1 aromatic carbocycles. The van der Waals surface area contributed by atoms with Crippen LogP contribution in [-0.2, 0) is 4.74 Å². The van der Waals surface area contributed by atoms with Crippen LogP contribution in [0.15, 0.2) is 28.8 Å². The number of hydrogen-bond donors (Lipinski definition) is 5. The highest BCUT2D eigenvalue weighted by molar-refractivity contribution is 5.90. The summed E-state index contributed by atoms with van der Waals surface area (Å²) < 4.78 is 24.2. The summed E-state index contributed by atoms with van der Waals surface area (Å²) in [5, 5.41) is 24.3. The van der Waals surface area contributed by atoms with Crippen LogP contribution in [0, 0.1) is 19.7 Å². The zero-order chi connectivity index (χ0) is 23.1. The summed E-state index contributed by atoms with van der Waals surface area (Å²) in [5.41, 5.74) is 1.47. The Labute approximate surface area is 184 Å². The lowest BCUT2D eigenvalue weighted by molar-refractivity contribution is -0.0885. The Kier molecular flexibility index (Phi) is 8.01. The van der Waals surface area contributed by atoms with E-state index in [1.807, 2.05) is 0 Å². The van der Waals surface area contributed by atoms with Gasteiger partial charge < -0.3 is 35.6 Å². The average molecular weight is 449 g/mol. The number of urea groups is 2. The van der Waals surface area contributed by atoms with E-state index in [9.17, 15) is 19.1 Å². The topological polar surface area (TPSA) is 138 Å². The van der Waals surface area contributed by atoms with Gasteiger partial charge in [-0.05, 0) is 51.3 Å². The molecule has 0 unspecified atom stereocenters. The van der Waals surface area contributed by atoms with Gasteiger partial charge in [-0.25, -0.2) is 14.0 Å². The van der Waals surface area contributed by atoms with Gasteiger partial charge in [0.1, 0.15) is 23.3 Å². The van der Waals surface area contributed by atoms with E-state index < -0.39 is 18.0 Å². The Bertz CT molecular complexity index is 918. The highest BCUT2D eigenvalue weighted by Gasteiger charge is 2.31. The summed E-state index contributed by atoms with van der Waals surface area (Å²) in [6.45, 7) is 3.56. The Morgan fingerprint density at radius 3 is 2.72 bits per heavy atom. The third kappa shape index (κ3) is 6.41. The summed E-state index contributed by atoms with van der Waals surface area (Å²) in [6, 6.07) is 4.31. The Balaban J connectivity index is 1.41. The quantitative estimate of drug-likeness (QED) is 0.441. The van der Waals surface area contributed by atoms with E-state index in [1.165, 1.54) is 18.2 Å². The van der Waals surface area contributed by atoms with Crippen LogP contribution in [0.25, 0.3) is 0 Å². The normalized spacial score (nSPS) is 20.4. The molecule has 11 heteroatoms. The van der Waals surface area contributed by atoms with E-state index in [-0.39, 0.29) is 24.8 Å². The van der Waals surface area contributed by atoms with Crippen LogP contribution in [0.2, 0.25) is 0 Å². The minimum atomic E-state index is -0.580. The maximum atomic E-state index is 13.3. The van der Waals surface area contributed by atoms with E-state index in [0.29, 0.717) is 48.6 Å². The number of carbonyl (C=O) groups is 2. The molecule has 2 heterocycles. The van der Waals surface area contributed by atoms with Gasteiger partial charge in [-0.3, -0.25) is 0 Å². The van der Waals surface area contributed by atoms with Crippen LogP contribution < -0.4 is 21.3 Å². The van der Waals surface area contributed by atoms with Gasteiger partial charge in [0.2, 0.25) is 0 Å². The van der Waals surface area contributed by atoms with Crippen molar-refractivity contribution in [1.29, 1.82) is 0 Å². The van der Waals surface area contributed by atoms with Crippen molar-refractivity contribution in [2.75, 3.05) is 23.8 Å². The molecular weight excluding hydrogens is 421 g/mol. The van der Waals surface area contributed by atoms with Crippen LogP contribution in [0.1, 0.15) is 30.7 Å². The number of aliphatic hydroxyl groups is 1. The maximum Gasteiger partial charge on any atom is 0.319 e. The molecule has 32 heavy (non-hydrogen) atoms. The van der Waals surface area contributed by atoms with Crippen molar-refractivity contribution in [1.82, 2.24) is 15.8 Å². The summed E-state index contributed by atoms with van der Waals surface area (Å²) in [6.07, 6.45) is 1.04. The van der Waals surface area contributed by atoms with Gasteiger partial charge in [-0.15, -0.1) is 0 Å². The Hall–Kier alpha value is -3.18. The lowest BCUT2D eigenvalue weighted by atomic mass is 9.97. The number of rotatable bonds is 7. The van der Waals surface area contributed by atoms with Crippen LogP contribution in [0.5, 0.6) is 0 Å². The van der Waals surface area contributed by atoms with Crippen molar-refractivity contribution in [2.24, 2.45) is 0 Å². The van der Waals surface area contributed by atoms with Crippen LogP contribution in [-0.4, -0.2) is 53.7 Å². The minimum absolute atomic E-state index is 0.171. The number of amides is 4. The van der Waals surface area contributed by atoms with Crippen molar-refractivity contribution in [3.05, 3.63) is 41.5 Å². The van der Waals surface area contributed by atoms with E-state index in [4.69, 9.17) is 9.26 Å². The summed E-state index contributed by atoms with van der Waals surface area (Å²) in [7, 11) is 0. The van der Waals surface area contributed by atoms with Gasteiger partial charge in [-0.1, -0.05) is 11.2 Å². The van der Waals surface area contributed by atoms with E-state index in [1.54, 1.807) is 19.9 Å². The molecule has 0 saturated carbocycles. The van der Waals surface area contributed by atoms with E-state index in [0.717, 1.165) is 0 Å². The smallest absolute Gasteiger partial charge is 0.319 e. The van der Waals surface area contributed by atoms with Gasteiger partial charge in [0.15, 0.2) is 5.76 Å². The molecule has 1 aliphatic heterocycles. The highest BCUT2D eigenvalue weighted by Crippen LogP contribution is 2.22. The highest BCUT2D eigenvalue weighted by atomic mass is 19.1. The molecule has 0 radical (unpaired) electrons. The molecule has 0 aliphatic carbocycles. The van der Waals surface area contributed by atoms with Gasteiger partial charge >= 0.3 is 12.1 Å². The first-order chi connectivity index (χ1) is 15.4. The molecule has 5 N–H and O–H groups in total. The molecule has 3 atom stereocenters. The Morgan fingerprint density at radius 2 is 2.03 bits per heavy atom. The molecular formula is C21H28FN5O5. The summed E-state index contributed by atoms with van der Waals surface area (Å²) in [5.74, 6) is 0.0768. The fourth-order valence-electron chi connectivity index (χ4n) is 3.58. The van der Waals surface area contributed by atoms with Crippen molar-refractivity contribution in [3.63, 3.8) is 0 Å². The molecule has 1 aliphatic rings. The summed E-state index contributed by atoms with van der Waals surface area (Å²) >= 11 is 0. The van der Waals surface area contributed by atoms with Gasteiger partial charge in [0, 0.05) is 12.2 Å². The number of anilines is 2. The van der Waals surface area contributed by atoms with Gasteiger partial charge in [0.05, 0.1) is 18.8 Å². The van der Waals surface area contributed by atoms with Crippen LogP contribution >= 0.6 is 0 Å². The van der Waals surface area contributed by atoms with E-state index >= 15 is 0 Å². The molecule has 3 rings (SSSR count). The van der Waals surface area contributed by atoms with Crippen molar-refractivity contribution in [3.8, 4) is 0 Å². The number of nitrogens with one attached hydrogen (secondary N) is 4. The SMILES string of the molecule is Cc1noc(C)c1NC(=O)NCC[C@@H]1CC[C@H](NC(=O)Nc2cccc(F)c2)[C@@H](CO)O1. The first-order valence-corrected chi connectivity index (χ1v) is 10.4. The molecule has 174 valence electrons.